The quantitative estimate of drug-likeness (QED) is 0.441. The molecular weight excluding hydrogens is 144 g/mol. The lowest BCUT2D eigenvalue weighted by atomic mass is 10.0. The van der Waals surface area contributed by atoms with Gasteiger partial charge in [0, 0.05) is 5.92 Å². The summed E-state index contributed by atoms with van der Waals surface area (Å²) < 4.78 is 4.92. The van der Waals surface area contributed by atoms with Gasteiger partial charge >= 0.3 is 0 Å². The number of carbonyl (C=O) groups excluding carboxylic acids is 1. The number of rotatable bonds is 5. The molecule has 0 spiro atoms. The van der Waals surface area contributed by atoms with Gasteiger partial charge in [0.25, 0.3) is 0 Å². The SMILES string of the molecule is CCCC(O[Si])C(C)C=O. The Morgan fingerprint density at radius 2 is 2.30 bits per heavy atom. The number of aldehydes is 1. The van der Waals surface area contributed by atoms with Gasteiger partial charge < -0.3 is 9.22 Å². The van der Waals surface area contributed by atoms with E-state index in [-0.39, 0.29) is 12.0 Å². The smallest absolute Gasteiger partial charge is 0.246 e. The van der Waals surface area contributed by atoms with Crippen molar-refractivity contribution in [2.45, 2.75) is 32.8 Å². The Kier molecular flexibility index (Phi) is 5.53. The van der Waals surface area contributed by atoms with Crippen molar-refractivity contribution in [1.82, 2.24) is 0 Å². The van der Waals surface area contributed by atoms with Crippen LogP contribution in [0.3, 0.4) is 0 Å². The van der Waals surface area contributed by atoms with E-state index in [4.69, 9.17) is 4.43 Å². The van der Waals surface area contributed by atoms with Gasteiger partial charge in [-0.1, -0.05) is 20.3 Å². The summed E-state index contributed by atoms with van der Waals surface area (Å²) in [5.41, 5.74) is 0. The zero-order valence-corrected chi connectivity index (χ0v) is 7.46. The molecule has 0 aromatic carbocycles. The second kappa shape index (κ2) is 5.62. The van der Waals surface area contributed by atoms with Gasteiger partial charge in [-0.05, 0) is 6.42 Å². The molecule has 0 aliphatic rings. The highest BCUT2D eigenvalue weighted by Crippen LogP contribution is 2.09. The Morgan fingerprint density at radius 3 is 2.60 bits per heavy atom. The molecule has 2 unspecified atom stereocenters. The van der Waals surface area contributed by atoms with Crippen LogP contribution in [-0.4, -0.2) is 22.9 Å². The van der Waals surface area contributed by atoms with Gasteiger partial charge in [0.1, 0.15) is 6.29 Å². The Morgan fingerprint density at radius 1 is 1.70 bits per heavy atom. The second-order valence-corrected chi connectivity index (χ2v) is 2.68. The third-order valence-electron chi connectivity index (χ3n) is 1.53. The van der Waals surface area contributed by atoms with Crippen LogP contribution in [0.2, 0.25) is 0 Å². The summed E-state index contributed by atoms with van der Waals surface area (Å²) >= 11 is 0. The first-order valence-electron chi connectivity index (χ1n) is 3.53. The van der Waals surface area contributed by atoms with Crippen molar-refractivity contribution in [3.05, 3.63) is 0 Å². The molecule has 0 aromatic heterocycles. The minimum Gasteiger partial charge on any atom is -0.415 e. The highest BCUT2D eigenvalue weighted by atomic mass is 28.2. The van der Waals surface area contributed by atoms with Crippen molar-refractivity contribution >= 4 is 16.8 Å². The Balaban J connectivity index is 3.67. The fourth-order valence-corrected chi connectivity index (χ4v) is 1.13. The average Bonchev–Trinajstić information content (AvgIpc) is 1.99. The second-order valence-electron chi connectivity index (χ2n) is 2.44. The van der Waals surface area contributed by atoms with Crippen LogP contribution in [0.5, 0.6) is 0 Å². The molecule has 0 amide bonds. The summed E-state index contributed by atoms with van der Waals surface area (Å²) in [7, 11) is 2.95. The summed E-state index contributed by atoms with van der Waals surface area (Å²) in [6.07, 6.45) is 2.90. The molecule has 2 atom stereocenters. The molecule has 0 aliphatic heterocycles. The first-order valence-corrected chi connectivity index (χ1v) is 3.94. The molecule has 0 saturated carbocycles. The van der Waals surface area contributed by atoms with Crippen LogP contribution < -0.4 is 0 Å². The molecule has 10 heavy (non-hydrogen) atoms. The molecule has 0 bridgehead atoms. The van der Waals surface area contributed by atoms with E-state index in [1.807, 2.05) is 6.92 Å². The van der Waals surface area contributed by atoms with Crippen molar-refractivity contribution in [3.63, 3.8) is 0 Å². The highest BCUT2D eigenvalue weighted by Gasteiger charge is 2.13. The van der Waals surface area contributed by atoms with Gasteiger partial charge in [0.15, 0.2) is 0 Å². The summed E-state index contributed by atoms with van der Waals surface area (Å²) in [6, 6.07) is 0. The maximum Gasteiger partial charge on any atom is 0.246 e. The van der Waals surface area contributed by atoms with E-state index >= 15 is 0 Å². The predicted molar refractivity (Wildman–Crippen MR) is 40.8 cm³/mol. The van der Waals surface area contributed by atoms with Crippen LogP contribution in [0.1, 0.15) is 26.7 Å². The van der Waals surface area contributed by atoms with E-state index < -0.39 is 0 Å². The van der Waals surface area contributed by atoms with Crippen molar-refractivity contribution in [3.8, 4) is 0 Å². The maximum absolute atomic E-state index is 10.3. The van der Waals surface area contributed by atoms with Crippen molar-refractivity contribution in [1.29, 1.82) is 0 Å². The first kappa shape index (κ1) is 9.85. The summed E-state index contributed by atoms with van der Waals surface area (Å²) in [5.74, 6) is -0.0163. The van der Waals surface area contributed by atoms with Crippen LogP contribution in [0, 0.1) is 5.92 Å². The van der Waals surface area contributed by atoms with Gasteiger partial charge in [-0.25, -0.2) is 0 Å². The number of carbonyl (C=O) groups is 1. The molecule has 3 heteroatoms. The lowest BCUT2D eigenvalue weighted by Crippen LogP contribution is -2.21. The molecule has 57 valence electrons. The average molecular weight is 157 g/mol. The minimum absolute atomic E-state index is 0.0163. The first-order chi connectivity index (χ1) is 4.76. The lowest BCUT2D eigenvalue weighted by molar-refractivity contribution is -0.113. The van der Waals surface area contributed by atoms with Crippen molar-refractivity contribution in [2.24, 2.45) is 5.92 Å². The standard InChI is InChI=1S/C7H13O2Si/c1-3-4-7(9-10)6(2)5-8/h5-7H,3-4H2,1-2H3. The Bertz CT molecular complexity index is 95.6. The third kappa shape index (κ3) is 3.13. The zero-order valence-electron chi connectivity index (χ0n) is 6.46. The van der Waals surface area contributed by atoms with Crippen LogP contribution in [-0.2, 0) is 9.22 Å². The Labute approximate surface area is 65.5 Å². The molecule has 0 fully saturated rings. The predicted octanol–water partition coefficient (Wildman–Crippen LogP) is 1.09. The van der Waals surface area contributed by atoms with Gasteiger partial charge in [0.05, 0.1) is 6.10 Å². The fourth-order valence-electron chi connectivity index (χ4n) is 0.801. The molecule has 0 saturated heterocycles. The molecule has 3 radical (unpaired) electrons. The molecule has 0 heterocycles. The molecule has 0 aliphatic carbocycles. The number of hydrogen-bond acceptors (Lipinski definition) is 2. The van der Waals surface area contributed by atoms with E-state index in [1.165, 1.54) is 0 Å². The molecular formula is C7H13O2Si. The highest BCUT2D eigenvalue weighted by molar-refractivity contribution is 5.98. The van der Waals surface area contributed by atoms with Crippen LogP contribution in [0.15, 0.2) is 0 Å². The van der Waals surface area contributed by atoms with Crippen LogP contribution in [0.4, 0.5) is 0 Å². The summed E-state index contributed by atoms with van der Waals surface area (Å²) in [4.78, 5) is 10.3. The minimum atomic E-state index is -0.0163. The van der Waals surface area contributed by atoms with E-state index in [2.05, 4.69) is 17.4 Å². The maximum atomic E-state index is 10.3. The monoisotopic (exact) mass is 157 g/mol. The topological polar surface area (TPSA) is 26.3 Å². The normalized spacial score (nSPS) is 16.3. The van der Waals surface area contributed by atoms with Gasteiger partial charge in [-0.3, -0.25) is 0 Å². The Hall–Kier alpha value is -0.153. The van der Waals surface area contributed by atoms with E-state index in [0.717, 1.165) is 19.1 Å². The third-order valence-corrected chi connectivity index (χ3v) is 1.83. The molecule has 0 N–H and O–H groups in total. The number of hydrogen-bond donors (Lipinski definition) is 0. The fraction of sp³-hybridized carbons (Fsp3) is 0.857. The van der Waals surface area contributed by atoms with E-state index in [1.54, 1.807) is 0 Å². The van der Waals surface area contributed by atoms with Gasteiger partial charge in [0.2, 0.25) is 10.5 Å². The van der Waals surface area contributed by atoms with E-state index in [0.29, 0.717) is 0 Å². The van der Waals surface area contributed by atoms with Crippen molar-refractivity contribution < 1.29 is 9.22 Å². The lowest BCUT2D eigenvalue weighted by Gasteiger charge is -2.16. The van der Waals surface area contributed by atoms with Crippen molar-refractivity contribution in [2.75, 3.05) is 0 Å². The zero-order chi connectivity index (χ0) is 7.98. The van der Waals surface area contributed by atoms with Gasteiger partial charge in [-0.2, -0.15) is 0 Å². The van der Waals surface area contributed by atoms with E-state index in [9.17, 15) is 4.79 Å². The van der Waals surface area contributed by atoms with Crippen LogP contribution >= 0.6 is 0 Å². The van der Waals surface area contributed by atoms with Crippen LogP contribution in [0.25, 0.3) is 0 Å². The van der Waals surface area contributed by atoms with Gasteiger partial charge in [-0.15, -0.1) is 0 Å². The summed E-state index contributed by atoms with van der Waals surface area (Å²) in [5, 5.41) is 0. The molecule has 2 nitrogen and oxygen atoms in total. The molecule has 0 rings (SSSR count). The largest absolute Gasteiger partial charge is 0.415 e. The molecule has 0 aromatic rings. The summed E-state index contributed by atoms with van der Waals surface area (Å²) in [6.45, 7) is 3.92.